The summed E-state index contributed by atoms with van der Waals surface area (Å²) >= 11 is 0. The van der Waals surface area contributed by atoms with Crippen LogP contribution < -0.4 is 0 Å². The molecule has 2 aliphatic carbocycles. The molecule has 3 heteroatoms. The van der Waals surface area contributed by atoms with E-state index in [1.54, 1.807) is 12.3 Å². The molecule has 0 amide bonds. The second-order valence-corrected chi connectivity index (χ2v) is 7.25. The minimum absolute atomic E-state index is 0.0648. The van der Waals surface area contributed by atoms with Crippen molar-refractivity contribution in [3.8, 4) is 11.1 Å². The predicted molar refractivity (Wildman–Crippen MR) is 97.2 cm³/mol. The largest absolute Gasteiger partial charge is 0.299 e. The summed E-state index contributed by atoms with van der Waals surface area (Å²) in [7, 11) is 0. The zero-order chi connectivity index (χ0) is 17.2. The van der Waals surface area contributed by atoms with E-state index in [2.05, 4.69) is 11.1 Å². The van der Waals surface area contributed by atoms with Crippen LogP contribution in [0.5, 0.6) is 0 Å². The number of carbonyl (C=O) groups is 1. The summed E-state index contributed by atoms with van der Waals surface area (Å²) in [6.45, 7) is 0. The van der Waals surface area contributed by atoms with Crippen molar-refractivity contribution in [1.29, 1.82) is 0 Å². The molecule has 0 saturated heterocycles. The number of allylic oxidation sites excluding steroid dienone is 1. The van der Waals surface area contributed by atoms with Gasteiger partial charge < -0.3 is 0 Å². The van der Waals surface area contributed by atoms with Gasteiger partial charge in [0.1, 0.15) is 11.6 Å². The number of aromatic nitrogens is 1. The van der Waals surface area contributed by atoms with E-state index in [4.69, 9.17) is 0 Å². The Kier molecular flexibility index (Phi) is 4.48. The van der Waals surface area contributed by atoms with Crippen LogP contribution in [0.25, 0.3) is 17.2 Å². The van der Waals surface area contributed by atoms with Gasteiger partial charge in [-0.1, -0.05) is 37.1 Å². The molecule has 1 heterocycles. The lowest BCUT2D eigenvalue weighted by molar-refractivity contribution is -0.120. The second-order valence-electron chi connectivity index (χ2n) is 7.25. The highest BCUT2D eigenvalue weighted by molar-refractivity contribution is 5.86. The van der Waals surface area contributed by atoms with Gasteiger partial charge in [0.15, 0.2) is 0 Å². The van der Waals surface area contributed by atoms with Gasteiger partial charge in [-0.15, -0.1) is 0 Å². The van der Waals surface area contributed by atoms with Crippen molar-refractivity contribution in [2.45, 2.75) is 32.1 Å². The molecule has 128 valence electrons. The molecule has 1 aromatic carbocycles. The molecule has 3 atom stereocenters. The average Bonchev–Trinajstić information content (AvgIpc) is 2.95. The predicted octanol–water partition coefficient (Wildman–Crippen LogP) is 5.30. The average molecular weight is 335 g/mol. The Bertz CT molecular complexity index is 796. The molecule has 0 N–H and O–H groups in total. The number of carbonyl (C=O) groups excluding carboxylic acids is 1. The maximum Gasteiger partial charge on any atom is 0.140 e. The molecule has 4 rings (SSSR count). The highest BCUT2D eigenvalue weighted by Gasteiger charge is 2.41. The monoisotopic (exact) mass is 335 g/mol. The van der Waals surface area contributed by atoms with Crippen molar-refractivity contribution < 1.29 is 9.18 Å². The van der Waals surface area contributed by atoms with Crippen molar-refractivity contribution >= 4 is 11.9 Å². The first-order valence-corrected chi connectivity index (χ1v) is 9.13. The van der Waals surface area contributed by atoms with E-state index in [0.717, 1.165) is 23.2 Å². The van der Waals surface area contributed by atoms with Gasteiger partial charge in [-0.25, -0.2) is 4.39 Å². The number of fused-ring (bicyclic) bond motifs is 1. The van der Waals surface area contributed by atoms with Crippen molar-refractivity contribution in [2.75, 3.05) is 0 Å². The Balaban J connectivity index is 1.49. The maximum absolute atomic E-state index is 13.3. The van der Waals surface area contributed by atoms with E-state index in [9.17, 15) is 9.18 Å². The van der Waals surface area contributed by atoms with Crippen molar-refractivity contribution in [3.05, 3.63) is 60.2 Å². The lowest BCUT2D eigenvalue weighted by Crippen LogP contribution is -2.19. The molecule has 0 aliphatic heterocycles. The van der Waals surface area contributed by atoms with Crippen molar-refractivity contribution in [3.63, 3.8) is 0 Å². The lowest BCUT2D eigenvalue weighted by atomic mass is 9.78. The molecule has 0 unspecified atom stereocenters. The Morgan fingerprint density at radius 2 is 1.96 bits per heavy atom. The first-order valence-electron chi connectivity index (χ1n) is 9.13. The van der Waals surface area contributed by atoms with Crippen molar-refractivity contribution in [2.24, 2.45) is 17.8 Å². The molecular formula is C22H22FNO. The van der Waals surface area contributed by atoms with E-state index in [-0.39, 0.29) is 11.7 Å². The van der Waals surface area contributed by atoms with E-state index in [0.29, 0.717) is 17.6 Å². The van der Waals surface area contributed by atoms with E-state index in [1.807, 2.05) is 24.3 Å². The van der Waals surface area contributed by atoms with Gasteiger partial charge in [-0.3, -0.25) is 9.78 Å². The minimum atomic E-state index is -0.247. The van der Waals surface area contributed by atoms with Gasteiger partial charge in [-0.05, 0) is 54.5 Å². The highest BCUT2D eigenvalue weighted by Crippen LogP contribution is 2.44. The molecule has 1 aromatic heterocycles. The third-order valence-electron chi connectivity index (χ3n) is 5.68. The van der Waals surface area contributed by atoms with Gasteiger partial charge in [0.05, 0.1) is 5.69 Å². The number of nitrogens with zero attached hydrogens (tertiary/aromatic N) is 1. The summed E-state index contributed by atoms with van der Waals surface area (Å²) in [4.78, 5) is 16.8. The number of benzene rings is 1. The van der Waals surface area contributed by atoms with E-state index >= 15 is 0 Å². The van der Waals surface area contributed by atoms with Crippen LogP contribution in [0.1, 0.15) is 37.8 Å². The summed E-state index contributed by atoms with van der Waals surface area (Å²) in [5.74, 6) is 1.34. The Morgan fingerprint density at radius 1 is 1.08 bits per heavy atom. The van der Waals surface area contributed by atoms with Crippen LogP contribution in [0, 0.1) is 23.6 Å². The summed E-state index contributed by atoms with van der Waals surface area (Å²) in [6.07, 6.45) is 11.4. The smallest absolute Gasteiger partial charge is 0.140 e. The lowest BCUT2D eigenvalue weighted by Gasteiger charge is -2.26. The molecule has 25 heavy (non-hydrogen) atoms. The van der Waals surface area contributed by atoms with Gasteiger partial charge in [0, 0.05) is 24.1 Å². The van der Waals surface area contributed by atoms with Crippen LogP contribution in [0.15, 0.2) is 48.7 Å². The SMILES string of the molecule is O=C1C[C@@H]2CCCC[C@@H]2[C@H]1/C=C/c1ccc(-c2cccc(F)c2)cn1. The molecule has 0 bridgehead atoms. The van der Waals surface area contributed by atoms with Crippen LogP contribution in [-0.2, 0) is 4.79 Å². The second kappa shape index (κ2) is 6.91. The fourth-order valence-electron chi connectivity index (χ4n) is 4.39. The van der Waals surface area contributed by atoms with Crippen LogP contribution in [0.2, 0.25) is 0 Å². The Morgan fingerprint density at radius 3 is 2.76 bits per heavy atom. The highest BCUT2D eigenvalue weighted by atomic mass is 19.1. The fourth-order valence-corrected chi connectivity index (χ4v) is 4.39. The number of rotatable bonds is 3. The fraction of sp³-hybridized carbons (Fsp3) is 0.364. The molecule has 2 saturated carbocycles. The summed E-state index contributed by atoms with van der Waals surface area (Å²) in [5, 5.41) is 0. The number of hydrogen-bond donors (Lipinski definition) is 0. The number of hydrogen-bond acceptors (Lipinski definition) is 2. The zero-order valence-corrected chi connectivity index (χ0v) is 14.2. The minimum Gasteiger partial charge on any atom is -0.299 e. The molecule has 2 nitrogen and oxygen atoms in total. The van der Waals surface area contributed by atoms with E-state index in [1.165, 1.54) is 37.8 Å². The summed E-state index contributed by atoms with van der Waals surface area (Å²) in [6, 6.07) is 10.4. The first-order chi connectivity index (χ1) is 12.2. The molecule has 2 fully saturated rings. The first kappa shape index (κ1) is 16.2. The zero-order valence-electron chi connectivity index (χ0n) is 14.2. The van der Waals surface area contributed by atoms with Gasteiger partial charge in [0.2, 0.25) is 0 Å². The topological polar surface area (TPSA) is 30.0 Å². The van der Waals surface area contributed by atoms with E-state index < -0.39 is 0 Å². The third kappa shape index (κ3) is 3.41. The quantitative estimate of drug-likeness (QED) is 0.762. The number of ketones is 1. The third-order valence-corrected chi connectivity index (χ3v) is 5.68. The number of Topliss-reactive ketones (excluding diaryl/α,β-unsaturated/α-hetero) is 1. The number of pyridine rings is 1. The normalized spacial score (nSPS) is 26.1. The van der Waals surface area contributed by atoms with Crippen LogP contribution in [0.3, 0.4) is 0 Å². The Hall–Kier alpha value is -2.29. The standard InChI is InChI=1S/C22H22FNO/c23-18-6-3-5-15(12-18)17-8-9-19(24-14-17)10-11-21-20-7-2-1-4-16(20)13-22(21)25/h3,5-6,8-12,14,16,20-21H,1-2,4,7,13H2/b11-10+/t16-,20-,21+/m0/s1. The summed E-state index contributed by atoms with van der Waals surface area (Å²) in [5.41, 5.74) is 2.55. The molecular weight excluding hydrogens is 313 g/mol. The molecule has 0 spiro atoms. The molecule has 2 aromatic rings. The van der Waals surface area contributed by atoms with Gasteiger partial charge in [0.25, 0.3) is 0 Å². The maximum atomic E-state index is 13.3. The van der Waals surface area contributed by atoms with Crippen LogP contribution in [-0.4, -0.2) is 10.8 Å². The summed E-state index contributed by atoms with van der Waals surface area (Å²) < 4.78 is 13.3. The van der Waals surface area contributed by atoms with Gasteiger partial charge >= 0.3 is 0 Å². The van der Waals surface area contributed by atoms with Crippen LogP contribution >= 0.6 is 0 Å². The van der Waals surface area contributed by atoms with Gasteiger partial charge in [-0.2, -0.15) is 0 Å². The van der Waals surface area contributed by atoms with Crippen molar-refractivity contribution in [1.82, 2.24) is 4.98 Å². The van der Waals surface area contributed by atoms with Crippen LogP contribution in [0.4, 0.5) is 4.39 Å². The Labute approximate surface area is 147 Å². The molecule has 2 aliphatic rings. The number of halogens is 1. The molecule has 0 radical (unpaired) electrons.